The molecular formula is C5H11NO3. The molecule has 1 unspecified atom stereocenters. The van der Waals surface area contributed by atoms with E-state index in [2.05, 4.69) is 5.32 Å². The van der Waals surface area contributed by atoms with Gasteiger partial charge >= 0.3 is 6.09 Å². The van der Waals surface area contributed by atoms with E-state index in [1.165, 1.54) is 0 Å². The molecule has 0 aliphatic rings. The van der Waals surface area contributed by atoms with Gasteiger partial charge in [0, 0.05) is 13.2 Å². The van der Waals surface area contributed by atoms with Gasteiger partial charge in [-0.1, -0.05) is 6.92 Å². The van der Waals surface area contributed by atoms with E-state index in [-0.39, 0.29) is 12.5 Å². The largest absolute Gasteiger partial charge is 0.465 e. The highest BCUT2D eigenvalue weighted by molar-refractivity contribution is 5.64. The summed E-state index contributed by atoms with van der Waals surface area (Å²) in [6.45, 7) is 2.09. The summed E-state index contributed by atoms with van der Waals surface area (Å²) in [5.74, 6) is 0.00102. The second kappa shape index (κ2) is 4.14. The van der Waals surface area contributed by atoms with Gasteiger partial charge in [0.2, 0.25) is 0 Å². The Morgan fingerprint density at radius 2 is 2.33 bits per heavy atom. The fourth-order valence-corrected chi connectivity index (χ4v) is 0.326. The number of hydrogen-bond acceptors (Lipinski definition) is 2. The number of carboxylic acid groups (broad SMARTS) is 1. The number of aliphatic hydroxyl groups is 1. The highest BCUT2D eigenvalue weighted by Gasteiger charge is 2.00. The van der Waals surface area contributed by atoms with Crippen LogP contribution in [-0.2, 0) is 0 Å². The molecule has 0 aromatic heterocycles. The summed E-state index contributed by atoms with van der Waals surface area (Å²) in [5, 5.41) is 18.6. The number of hydrogen-bond donors (Lipinski definition) is 3. The number of amides is 1. The second-order valence-corrected chi connectivity index (χ2v) is 1.97. The minimum Gasteiger partial charge on any atom is -0.465 e. The molecule has 0 aromatic rings. The molecule has 3 N–H and O–H groups in total. The molecule has 0 rings (SSSR count). The van der Waals surface area contributed by atoms with Gasteiger partial charge in [-0.3, -0.25) is 0 Å². The maximum absolute atomic E-state index is 9.83. The van der Waals surface area contributed by atoms with E-state index in [1.54, 1.807) is 6.92 Å². The number of aliphatic hydroxyl groups excluding tert-OH is 1. The zero-order chi connectivity index (χ0) is 7.28. The first-order valence-corrected chi connectivity index (χ1v) is 2.74. The van der Waals surface area contributed by atoms with Gasteiger partial charge in [-0.15, -0.1) is 0 Å². The van der Waals surface area contributed by atoms with Gasteiger partial charge in [0.05, 0.1) is 0 Å². The fourth-order valence-electron chi connectivity index (χ4n) is 0.326. The second-order valence-electron chi connectivity index (χ2n) is 1.97. The lowest BCUT2D eigenvalue weighted by Crippen LogP contribution is -2.27. The molecule has 0 aromatic carbocycles. The molecule has 54 valence electrons. The summed E-state index contributed by atoms with van der Waals surface area (Å²) >= 11 is 0. The van der Waals surface area contributed by atoms with Gasteiger partial charge in [0.15, 0.2) is 0 Å². The van der Waals surface area contributed by atoms with Crippen LogP contribution in [0.3, 0.4) is 0 Å². The van der Waals surface area contributed by atoms with Crippen LogP contribution in [0.5, 0.6) is 0 Å². The summed E-state index contributed by atoms with van der Waals surface area (Å²) in [4.78, 5) is 9.83. The molecule has 0 bridgehead atoms. The zero-order valence-corrected chi connectivity index (χ0v) is 5.29. The Morgan fingerprint density at radius 1 is 1.78 bits per heavy atom. The average Bonchev–Trinajstić information content (AvgIpc) is 1.83. The first-order valence-electron chi connectivity index (χ1n) is 2.74. The molecule has 1 atom stereocenters. The minimum atomic E-state index is -1.05. The van der Waals surface area contributed by atoms with E-state index in [0.717, 1.165) is 0 Å². The summed E-state index contributed by atoms with van der Waals surface area (Å²) in [6, 6.07) is 0. The molecule has 1 amide bonds. The van der Waals surface area contributed by atoms with Crippen molar-refractivity contribution in [2.24, 2.45) is 5.92 Å². The molecule has 0 radical (unpaired) electrons. The normalized spacial score (nSPS) is 12.7. The smallest absolute Gasteiger partial charge is 0.404 e. The maximum atomic E-state index is 9.83. The molecular weight excluding hydrogens is 122 g/mol. The van der Waals surface area contributed by atoms with Crippen molar-refractivity contribution in [3.05, 3.63) is 0 Å². The van der Waals surface area contributed by atoms with Crippen LogP contribution in [0, 0.1) is 5.92 Å². The van der Waals surface area contributed by atoms with Gasteiger partial charge in [0.1, 0.15) is 0 Å². The van der Waals surface area contributed by atoms with E-state index in [0.29, 0.717) is 6.54 Å². The number of rotatable bonds is 3. The Kier molecular flexibility index (Phi) is 3.79. The molecule has 0 aliphatic carbocycles. The molecule has 4 nitrogen and oxygen atoms in total. The molecule has 0 saturated heterocycles. The maximum Gasteiger partial charge on any atom is 0.404 e. The van der Waals surface area contributed by atoms with E-state index >= 15 is 0 Å². The summed E-state index contributed by atoms with van der Waals surface area (Å²) in [7, 11) is 0. The van der Waals surface area contributed by atoms with Crippen molar-refractivity contribution in [2.75, 3.05) is 13.2 Å². The third-order valence-electron chi connectivity index (χ3n) is 0.913. The lowest BCUT2D eigenvalue weighted by Gasteiger charge is -2.05. The Bertz CT molecular complexity index is 94.2. The van der Waals surface area contributed by atoms with Crippen LogP contribution in [-0.4, -0.2) is 29.5 Å². The minimum absolute atomic E-state index is 0.00102. The van der Waals surface area contributed by atoms with E-state index in [4.69, 9.17) is 10.2 Å². The van der Waals surface area contributed by atoms with E-state index in [1.807, 2.05) is 0 Å². The SMILES string of the molecule is CC(CO)CNC(=O)O. The van der Waals surface area contributed by atoms with Crippen LogP contribution >= 0.6 is 0 Å². The number of carbonyl (C=O) groups is 1. The lowest BCUT2D eigenvalue weighted by molar-refractivity contribution is 0.186. The lowest BCUT2D eigenvalue weighted by atomic mass is 10.2. The van der Waals surface area contributed by atoms with Gasteiger partial charge in [-0.25, -0.2) is 4.79 Å². The third-order valence-corrected chi connectivity index (χ3v) is 0.913. The van der Waals surface area contributed by atoms with Crippen molar-refractivity contribution in [1.82, 2.24) is 5.32 Å². The molecule has 0 fully saturated rings. The Morgan fingerprint density at radius 3 is 2.67 bits per heavy atom. The van der Waals surface area contributed by atoms with Gasteiger partial charge in [-0.2, -0.15) is 0 Å². The summed E-state index contributed by atoms with van der Waals surface area (Å²) < 4.78 is 0. The average molecular weight is 133 g/mol. The summed E-state index contributed by atoms with van der Waals surface area (Å²) in [6.07, 6.45) is -1.05. The van der Waals surface area contributed by atoms with Crippen LogP contribution in [0.1, 0.15) is 6.92 Å². The Labute approximate surface area is 53.5 Å². The van der Waals surface area contributed by atoms with Crippen LogP contribution in [0.4, 0.5) is 4.79 Å². The standard InChI is InChI=1S/C5H11NO3/c1-4(3-7)2-6-5(8)9/h4,6-7H,2-3H2,1H3,(H,8,9). The molecule has 4 heteroatoms. The quantitative estimate of drug-likeness (QED) is 0.502. The highest BCUT2D eigenvalue weighted by atomic mass is 16.4. The highest BCUT2D eigenvalue weighted by Crippen LogP contribution is 1.87. The molecule has 0 aliphatic heterocycles. The van der Waals surface area contributed by atoms with Gasteiger partial charge in [-0.05, 0) is 5.92 Å². The predicted octanol–water partition coefficient (Wildman–Crippen LogP) is -0.118. The van der Waals surface area contributed by atoms with E-state index < -0.39 is 6.09 Å². The van der Waals surface area contributed by atoms with Gasteiger partial charge in [0.25, 0.3) is 0 Å². The molecule has 0 heterocycles. The summed E-state index contributed by atoms with van der Waals surface area (Å²) in [5.41, 5.74) is 0. The Hall–Kier alpha value is -0.770. The predicted molar refractivity (Wildman–Crippen MR) is 32.3 cm³/mol. The topological polar surface area (TPSA) is 69.6 Å². The molecule has 9 heavy (non-hydrogen) atoms. The first kappa shape index (κ1) is 8.23. The third kappa shape index (κ3) is 5.10. The van der Waals surface area contributed by atoms with Crippen molar-refractivity contribution in [2.45, 2.75) is 6.92 Å². The first-order chi connectivity index (χ1) is 4.16. The van der Waals surface area contributed by atoms with Crippen molar-refractivity contribution >= 4 is 6.09 Å². The van der Waals surface area contributed by atoms with Crippen LogP contribution < -0.4 is 5.32 Å². The van der Waals surface area contributed by atoms with Crippen molar-refractivity contribution in [3.8, 4) is 0 Å². The van der Waals surface area contributed by atoms with Crippen molar-refractivity contribution < 1.29 is 15.0 Å². The zero-order valence-electron chi connectivity index (χ0n) is 5.29. The van der Waals surface area contributed by atoms with Crippen molar-refractivity contribution in [1.29, 1.82) is 0 Å². The fraction of sp³-hybridized carbons (Fsp3) is 0.800. The van der Waals surface area contributed by atoms with Gasteiger partial charge < -0.3 is 15.5 Å². The van der Waals surface area contributed by atoms with Crippen LogP contribution in [0.2, 0.25) is 0 Å². The van der Waals surface area contributed by atoms with Crippen LogP contribution in [0.15, 0.2) is 0 Å². The molecule has 0 spiro atoms. The number of nitrogens with one attached hydrogen (secondary N) is 1. The monoisotopic (exact) mass is 133 g/mol. The Balaban J connectivity index is 3.16. The van der Waals surface area contributed by atoms with Crippen molar-refractivity contribution in [3.63, 3.8) is 0 Å². The molecule has 0 saturated carbocycles. The van der Waals surface area contributed by atoms with E-state index in [9.17, 15) is 4.79 Å². The van der Waals surface area contributed by atoms with Crippen LogP contribution in [0.25, 0.3) is 0 Å².